The highest BCUT2D eigenvalue weighted by Crippen LogP contribution is 2.30. The summed E-state index contributed by atoms with van der Waals surface area (Å²) in [5.74, 6) is 0.313. The van der Waals surface area contributed by atoms with Gasteiger partial charge in [0.2, 0.25) is 11.2 Å². The predicted octanol–water partition coefficient (Wildman–Crippen LogP) is 2.44. The van der Waals surface area contributed by atoms with Crippen LogP contribution in [0, 0.1) is 0 Å². The van der Waals surface area contributed by atoms with Crippen molar-refractivity contribution in [3.05, 3.63) is 16.7 Å². The number of carbonyl (C=O) groups is 1. The van der Waals surface area contributed by atoms with Crippen molar-refractivity contribution >= 4 is 44.9 Å². The van der Waals surface area contributed by atoms with Crippen molar-refractivity contribution in [1.29, 1.82) is 0 Å². The molecule has 0 aliphatic heterocycles. The summed E-state index contributed by atoms with van der Waals surface area (Å²) in [4.78, 5) is 21.5. The molecule has 0 saturated heterocycles. The normalized spacial score (nSPS) is 10.8. The van der Waals surface area contributed by atoms with Gasteiger partial charge in [0, 0.05) is 6.54 Å². The van der Waals surface area contributed by atoms with Gasteiger partial charge in [0.25, 0.3) is 0 Å². The van der Waals surface area contributed by atoms with Crippen LogP contribution < -0.4 is 10.6 Å². The highest BCUT2D eigenvalue weighted by atomic mass is 35.5. The number of nitrogens with two attached hydrogens (primary N) is 1. The molecule has 1 amide bonds. The number of carbonyl (C=O) groups excluding carboxylic acids is 1. The molecule has 7 heteroatoms. The van der Waals surface area contributed by atoms with E-state index in [4.69, 9.17) is 17.3 Å². The van der Waals surface area contributed by atoms with Crippen molar-refractivity contribution in [2.45, 2.75) is 19.8 Å². The van der Waals surface area contributed by atoms with Crippen LogP contribution in [-0.4, -0.2) is 29.0 Å². The topological polar surface area (TPSA) is 72.1 Å². The van der Waals surface area contributed by atoms with Gasteiger partial charge in [-0.25, -0.2) is 4.98 Å². The molecule has 5 nitrogen and oxygen atoms in total. The lowest BCUT2D eigenvalue weighted by molar-refractivity contribution is -0.116. The van der Waals surface area contributed by atoms with Crippen LogP contribution in [0.5, 0.6) is 0 Å². The number of amides is 1. The van der Waals surface area contributed by atoms with Gasteiger partial charge in [-0.3, -0.25) is 4.79 Å². The molecule has 0 spiro atoms. The second-order valence-electron chi connectivity index (χ2n) is 4.19. The number of nitrogens with zero attached hydrogens (tertiary/aromatic N) is 3. The molecular weight excluding hydrogens is 284 g/mol. The lowest BCUT2D eigenvalue weighted by Gasteiger charge is -2.22. The minimum atomic E-state index is -0.379. The molecule has 0 atom stereocenters. The van der Waals surface area contributed by atoms with Crippen LogP contribution in [0.2, 0.25) is 5.28 Å². The quantitative estimate of drug-likeness (QED) is 0.831. The molecule has 2 aromatic heterocycles. The van der Waals surface area contributed by atoms with Gasteiger partial charge in [-0.2, -0.15) is 4.98 Å². The van der Waals surface area contributed by atoms with Crippen molar-refractivity contribution in [1.82, 2.24) is 9.97 Å². The molecule has 2 rings (SSSR count). The molecule has 0 radical (unpaired) electrons. The lowest BCUT2D eigenvalue weighted by atomic mass is 10.3. The Morgan fingerprint density at radius 1 is 1.53 bits per heavy atom. The second kappa shape index (κ2) is 6.16. The Bertz CT molecular complexity index is 586. The fraction of sp³-hybridized carbons (Fsp3) is 0.417. The van der Waals surface area contributed by atoms with Crippen LogP contribution in [0.25, 0.3) is 10.2 Å². The van der Waals surface area contributed by atoms with Crippen molar-refractivity contribution in [3.63, 3.8) is 0 Å². The summed E-state index contributed by atoms with van der Waals surface area (Å²) in [5, 5.41) is 2.12. The second-order valence-corrected chi connectivity index (χ2v) is 5.45. The van der Waals surface area contributed by atoms with Crippen LogP contribution in [-0.2, 0) is 4.79 Å². The van der Waals surface area contributed by atoms with Gasteiger partial charge in [0.1, 0.15) is 0 Å². The highest BCUT2D eigenvalue weighted by Gasteiger charge is 2.16. The van der Waals surface area contributed by atoms with E-state index in [1.807, 2.05) is 16.3 Å². The van der Waals surface area contributed by atoms with Crippen LogP contribution in [0.3, 0.4) is 0 Å². The van der Waals surface area contributed by atoms with Gasteiger partial charge in [-0.05, 0) is 29.5 Å². The minimum absolute atomic E-state index is 0.139. The van der Waals surface area contributed by atoms with E-state index in [0.29, 0.717) is 5.82 Å². The van der Waals surface area contributed by atoms with E-state index in [1.54, 1.807) is 0 Å². The van der Waals surface area contributed by atoms with Crippen molar-refractivity contribution < 1.29 is 4.79 Å². The molecule has 0 bridgehead atoms. The monoisotopic (exact) mass is 298 g/mol. The largest absolute Gasteiger partial charge is 0.368 e. The summed E-state index contributed by atoms with van der Waals surface area (Å²) in [5.41, 5.74) is 6.10. The number of thiophene rings is 1. The fourth-order valence-corrected chi connectivity index (χ4v) is 2.85. The zero-order valence-electron chi connectivity index (χ0n) is 10.6. The van der Waals surface area contributed by atoms with Gasteiger partial charge < -0.3 is 10.6 Å². The van der Waals surface area contributed by atoms with E-state index >= 15 is 0 Å². The molecular formula is C12H15ClN4OS. The number of hydrogen-bond acceptors (Lipinski definition) is 5. The molecule has 0 unspecified atom stereocenters. The number of primary amides is 1. The highest BCUT2D eigenvalue weighted by molar-refractivity contribution is 7.17. The maximum absolute atomic E-state index is 11.2. The number of fused-ring (bicyclic) bond motifs is 1. The van der Waals surface area contributed by atoms with Gasteiger partial charge >= 0.3 is 0 Å². The van der Waals surface area contributed by atoms with Gasteiger partial charge in [0.15, 0.2) is 5.82 Å². The molecule has 0 aromatic carbocycles. The zero-order valence-corrected chi connectivity index (χ0v) is 12.2. The summed E-state index contributed by atoms with van der Waals surface area (Å²) in [6, 6.07) is 1.89. The van der Waals surface area contributed by atoms with Gasteiger partial charge in [-0.1, -0.05) is 13.3 Å². The lowest BCUT2D eigenvalue weighted by Crippen LogP contribution is -2.35. The standard InChI is InChI=1S/C12H15ClN4OS/c1-2-3-5-17(7-9(14)18)11-10-8(4-6-19-10)15-12(13)16-11/h4,6H,2-3,5,7H2,1H3,(H2,14,18). The fourth-order valence-electron chi connectivity index (χ4n) is 1.83. The maximum atomic E-state index is 11.2. The Kier molecular flexibility index (Phi) is 4.55. The van der Waals surface area contributed by atoms with E-state index in [0.717, 1.165) is 29.6 Å². The average Bonchev–Trinajstić information content (AvgIpc) is 2.80. The zero-order chi connectivity index (χ0) is 13.8. The third kappa shape index (κ3) is 3.33. The summed E-state index contributed by atoms with van der Waals surface area (Å²) in [7, 11) is 0. The molecule has 19 heavy (non-hydrogen) atoms. The van der Waals surface area contributed by atoms with E-state index < -0.39 is 0 Å². The minimum Gasteiger partial charge on any atom is -0.368 e. The van der Waals surface area contributed by atoms with Crippen LogP contribution >= 0.6 is 22.9 Å². The third-order valence-corrected chi connectivity index (χ3v) is 3.75. The summed E-state index contributed by atoms with van der Waals surface area (Å²) < 4.78 is 0.932. The van der Waals surface area contributed by atoms with Crippen LogP contribution in [0.15, 0.2) is 11.4 Å². The molecule has 2 heterocycles. The third-order valence-electron chi connectivity index (χ3n) is 2.69. The van der Waals surface area contributed by atoms with Gasteiger partial charge in [0.05, 0.1) is 16.8 Å². The number of halogens is 1. The number of anilines is 1. The van der Waals surface area contributed by atoms with Crippen molar-refractivity contribution in [3.8, 4) is 0 Å². The Morgan fingerprint density at radius 2 is 2.32 bits per heavy atom. The molecule has 0 aliphatic rings. The molecule has 2 aromatic rings. The Labute approximate surface area is 120 Å². The van der Waals surface area contributed by atoms with Crippen LogP contribution in [0.4, 0.5) is 5.82 Å². The number of rotatable bonds is 6. The predicted molar refractivity (Wildman–Crippen MR) is 78.7 cm³/mol. The van der Waals surface area contributed by atoms with E-state index in [-0.39, 0.29) is 17.7 Å². The SMILES string of the molecule is CCCCN(CC(N)=O)c1nc(Cl)nc2ccsc12. The smallest absolute Gasteiger partial charge is 0.236 e. The summed E-state index contributed by atoms with van der Waals surface area (Å²) in [6.45, 7) is 2.95. The first-order valence-electron chi connectivity index (χ1n) is 6.05. The Hall–Kier alpha value is -1.40. The number of unbranched alkanes of at least 4 members (excludes halogenated alkanes) is 1. The number of aromatic nitrogens is 2. The summed E-state index contributed by atoms with van der Waals surface area (Å²) >= 11 is 7.47. The maximum Gasteiger partial charge on any atom is 0.236 e. The first-order chi connectivity index (χ1) is 9.11. The van der Waals surface area contributed by atoms with Crippen LogP contribution in [0.1, 0.15) is 19.8 Å². The molecule has 0 saturated carbocycles. The molecule has 102 valence electrons. The van der Waals surface area contributed by atoms with Crippen molar-refractivity contribution in [2.24, 2.45) is 5.73 Å². The average molecular weight is 299 g/mol. The molecule has 0 aliphatic carbocycles. The van der Waals surface area contributed by atoms with Crippen molar-refractivity contribution in [2.75, 3.05) is 18.0 Å². The summed E-state index contributed by atoms with van der Waals surface area (Å²) in [6.07, 6.45) is 1.99. The first kappa shape index (κ1) is 14.0. The van der Waals surface area contributed by atoms with E-state index in [1.165, 1.54) is 11.3 Å². The van der Waals surface area contributed by atoms with E-state index in [2.05, 4.69) is 16.9 Å². The Morgan fingerprint density at radius 3 is 3.00 bits per heavy atom. The van der Waals surface area contributed by atoms with E-state index in [9.17, 15) is 4.79 Å². The Balaban J connectivity index is 2.41. The first-order valence-corrected chi connectivity index (χ1v) is 7.31. The molecule has 0 fully saturated rings. The number of hydrogen-bond donors (Lipinski definition) is 1. The molecule has 2 N–H and O–H groups in total. The van der Waals surface area contributed by atoms with Gasteiger partial charge in [-0.15, -0.1) is 11.3 Å².